The number of anilines is 1. The summed E-state index contributed by atoms with van der Waals surface area (Å²) in [7, 11) is 2.05. The van der Waals surface area contributed by atoms with E-state index in [-0.39, 0.29) is 0 Å². The molecule has 0 radical (unpaired) electrons. The maximum Gasteiger partial charge on any atom is 0.132 e. The summed E-state index contributed by atoms with van der Waals surface area (Å²) in [4.78, 5) is 3.49. The van der Waals surface area contributed by atoms with E-state index in [0.29, 0.717) is 5.00 Å². The Hall–Kier alpha value is -0.500. The second-order valence-corrected chi connectivity index (χ2v) is 6.18. The van der Waals surface area contributed by atoms with Crippen LogP contribution in [-0.2, 0) is 13.1 Å². The van der Waals surface area contributed by atoms with E-state index >= 15 is 0 Å². The number of aromatic nitrogens is 2. The monoisotopic (exact) mass is 318 g/mol. The van der Waals surface area contributed by atoms with Crippen LogP contribution in [-0.4, -0.2) is 21.5 Å². The highest BCUT2D eigenvalue weighted by Gasteiger charge is 2.09. The average Bonchev–Trinajstić information content (AvgIpc) is 2.77. The van der Waals surface area contributed by atoms with Crippen molar-refractivity contribution >= 4 is 43.8 Å². The van der Waals surface area contributed by atoms with E-state index in [1.165, 1.54) is 16.4 Å². The molecule has 2 heterocycles. The number of hydrogen-bond acceptors (Lipinski definition) is 6. The predicted molar refractivity (Wildman–Crippen MR) is 71.5 cm³/mol. The van der Waals surface area contributed by atoms with Crippen LogP contribution in [0.3, 0.4) is 0 Å². The van der Waals surface area contributed by atoms with Crippen LogP contribution in [0.15, 0.2) is 15.9 Å². The lowest BCUT2D eigenvalue weighted by Gasteiger charge is -2.13. The molecule has 0 aliphatic heterocycles. The molecule has 0 saturated carbocycles. The first-order valence-corrected chi connectivity index (χ1v) is 7.08. The van der Waals surface area contributed by atoms with Crippen molar-refractivity contribution in [3.8, 4) is 0 Å². The van der Waals surface area contributed by atoms with Gasteiger partial charge in [0.2, 0.25) is 0 Å². The molecule has 2 aromatic heterocycles. The zero-order valence-corrected chi connectivity index (χ0v) is 11.9. The second-order valence-electron chi connectivity index (χ2n) is 3.49. The highest BCUT2D eigenvalue weighted by Crippen LogP contribution is 2.22. The zero-order chi connectivity index (χ0) is 11.5. The molecule has 4 nitrogen and oxygen atoms in total. The third-order valence-corrected chi connectivity index (χ3v) is 4.33. The molecule has 2 rings (SSSR count). The Labute approximate surface area is 110 Å². The van der Waals surface area contributed by atoms with Crippen molar-refractivity contribution in [1.29, 1.82) is 0 Å². The predicted octanol–water partition coefficient (Wildman–Crippen LogP) is 2.58. The lowest BCUT2D eigenvalue weighted by molar-refractivity contribution is 0.318. The van der Waals surface area contributed by atoms with E-state index in [1.54, 1.807) is 11.3 Å². The average molecular weight is 319 g/mol. The Kier molecular flexibility index (Phi) is 3.91. The number of thiophene rings is 1. The minimum atomic E-state index is 0.708. The standard InChI is InChI=1S/C9H11BrN4S2/c1-14(3-7-2-6(10)5-15-7)4-8-9(11)16-13-12-8/h2,5H,3-4,11H2,1H3. The Balaban J connectivity index is 1.94. The quantitative estimate of drug-likeness (QED) is 0.941. The summed E-state index contributed by atoms with van der Waals surface area (Å²) in [5.41, 5.74) is 6.61. The molecule has 7 heteroatoms. The van der Waals surface area contributed by atoms with Gasteiger partial charge in [0, 0.05) is 39.4 Å². The van der Waals surface area contributed by atoms with Crippen LogP contribution in [0, 0.1) is 0 Å². The Morgan fingerprint density at radius 1 is 1.50 bits per heavy atom. The summed E-state index contributed by atoms with van der Waals surface area (Å²) in [5, 5.41) is 6.79. The van der Waals surface area contributed by atoms with Crippen LogP contribution in [0.2, 0.25) is 0 Å². The minimum Gasteiger partial charge on any atom is -0.388 e. The fraction of sp³-hybridized carbons (Fsp3) is 0.333. The molecular formula is C9H11BrN4S2. The molecule has 0 fully saturated rings. The fourth-order valence-electron chi connectivity index (χ4n) is 1.34. The first kappa shape index (κ1) is 12.0. The normalized spacial score (nSPS) is 11.2. The van der Waals surface area contributed by atoms with Crippen LogP contribution in [0.25, 0.3) is 0 Å². The van der Waals surface area contributed by atoms with E-state index in [0.717, 1.165) is 23.3 Å². The van der Waals surface area contributed by atoms with Crippen molar-refractivity contribution in [2.24, 2.45) is 0 Å². The third kappa shape index (κ3) is 3.00. The summed E-state index contributed by atoms with van der Waals surface area (Å²) >= 11 is 6.43. The van der Waals surface area contributed by atoms with Crippen molar-refractivity contribution in [2.75, 3.05) is 12.8 Å². The molecule has 0 aliphatic rings. The van der Waals surface area contributed by atoms with Crippen LogP contribution in [0.1, 0.15) is 10.6 Å². The molecule has 86 valence electrons. The zero-order valence-electron chi connectivity index (χ0n) is 8.68. The molecule has 0 spiro atoms. The van der Waals surface area contributed by atoms with Gasteiger partial charge in [-0.3, -0.25) is 4.90 Å². The lowest BCUT2D eigenvalue weighted by atomic mass is 10.4. The van der Waals surface area contributed by atoms with Crippen LogP contribution < -0.4 is 5.73 Å². The molecule has 0 atom stereocenters. The van der Waals surface area contributed by atoms with Crippen molar-refractivity contribution in [3.05, 3.63) is 26.5 Å². The summed E-state index contributed by atoms with van der Waals surface area (Å²) in [6.07, 6.45) is 0. The highest BCUT2D eigenvalue weighted by atomic mass is 79.9. The van der Waals surface area contributed by atoms with Crippen molar-refractivity contribution < 1.29 is 0 Å². The third-order valence-electron chi connectivity index (χ3n) is 2.05. The summed E-state index contributed by atoms with van der Waals surface area (Å²) in [6.45, 7) is 1.63. The Bertz CT molecular complexity index is 468. The number of nitrogens with two attached hydrogens (primary N) is 1. The largest absolute Gasteiger partial charge is 0.388 e. The van der Waals surface area contributed by atoms with Gasteiger partial charge in [0.25, 0.3) is 0 Å². The van der Waals surface area contributed by atoms with Gasteiger partial charge in [-0.1, -0.05) is 4.49 Å². The molecule has 0 aliphatic carbocycles. The molecule has 0 saturated heterocycles. The molecule has 0 amide bonds. The van der Waals surface area contributed by atoms with E-state index in [9.17, 15) is 0 Å². The summed E-state index contributed by atoms with van der Waals surface area (Å²) in [6, 6.07) is 2.13. The van der Waals surface area contributed by atoms with Gasteiger partial charge in [-0.2, -0.15) is 0 Å². The van der Waals surface area contributed by atoms with Crippen molar-refractivity contribution in [2.45, 2.75) is 13.1 Å². The highest BCUT2D eigenvalue weighted by molar-refractivity contribution is 9.10. The number of hydrogen-bond donors (Lipinski definition) is 1. The Morgan fingerprint density at radius 2 is 2.31 bits per heavy atom. The van der Waals surface area contributed by atoms with Gasteiger partial charge in [0.05, 0.1) is 0 Å². The first-order valence-electron chi connectivity index (χ1n) is 4.63. The summed E-state index contributed by atoms with van der Waals surface area (Å²) < 4.78 is 4.96. The lowest BCUT2D eigenvalue weighted by Crippen LogP contribution is -2.17. The van der Waals surface area contributed by atoms with Gasteiger partial charge in [-0.25, -0.2) is 0 Å². The Morgan fingerprint density at radius 3 is 2.88 bits per heavy atom. The molecule has 2 aromatic rings. The SMILES string of the molecule is CN(Cc1cc(Br)cs1)Cc1nnsc1N. The van der Waals surface area contributed by atoms with Crippen LogP contribution >= 0.6 is 38.8 Å². The van der Waals surface area contributed by atoms with E-state index < -0.39 is 0 Å². The van der Waals surface area contributed by atoms with Crippen LogP contribution in [0.4, 0.5) is 5.00 Å². The summed E-state index contributed by atoms with van der Waals surface area (Å²) in [5.74, 6) is 0. The smallest absolute Gasteiger partial charge is 0.132 e. The molecule has 0 bridgehead atoms. The molecular weight excluding hydrogens is 308 g/mol. The number of rotatable bonds is 4. The van der Waals surface area contributed by atoms with Gasteiger partial charge < -0.3 is 5.73 Å². The molecule has 2 N–H and O–H groups in total. The van der Waals surface area contributed by atoms with Gasteiger partial charge in [0.1, 0.15) is 10.7 Å². The maximum atomic E-state index is 5.75. The fourth-order valence-corrected chi connectivity index (χ4v) is 3.31. The number of nitrogen functional groups attached to an aromatic ring is 1. The van der Waals surface area contributed by atoms with Crippen molar-refractivity contribution in [3.63, 3.8) is 0 Å². The molecule has 0 unspecified atom stereocenters. The number of halogens is 1. The van der Waals surface area contributed by atoms with Gasteiger partial charge >= 0.3 is 0 Å². The topological polar surface area (TPSA) is 55.0 Å². The van der Waals surface area contributed by atoms with Crippen LogP contribution in [0.5, 0.6) is 0 Å². The second kappa shape index (κ2) is 5.22. The van der Waals surface area contributed by atoms with Crippen molar-refractivity contribution in [1.82, 2.24) is 14.5 Å². The minimum absolute atomic E-state index is 0.708. The number of nitrogens with zero attached hydrogens (tertiary/aromatic N) is 3. The first-order chi connectivity index (χ1) is 7.65. The maximum absolute atomic E-state index is 5.75. The van der Waals surface area contributed by atoms with E-state index in [1.807, 2.05) is 7.05 Å². The van der Waals surface area contributed by atoms with E-state index in [4.69, 9.17) is 5.73 Å². The van der Waals surface area contributed by atoms with Gasteiger partial charge in [-0.15, -0.1) is 16.4 Å². The molecule has 16 heavy (non-hydrogen) atoms. The molecule has 0 aromatic carbocycles. The van der Waals surface area contributed by atoms with E-state index in [2.05, 4.69) is 41.9 Å². The van der Waals surface area contributed by atoms with Gasteiger partial charge in [0.15, 0.2) is 0 Å². The van der Waals surface area contributed by atoms with Gasteiger partial charge in [-0.05, 0) is 29.0 Å².